The third-order valence-corrected chi connectivity index (χ3v) is 3.75. The van der Waals surface area contributed by atoms with E-state index in [0.29, 0.717) is 0 Å². The summed E-state index contributed by atoms with van der Waals surface area (Å²) in [6, 6.07) is 0. The van der Waals surface area contributed by atoms with E-state index < -0.39 is 0 Å². The molecule has 0 bridgehead atoms. The highest BCUT2D eigenvalue weighted by Crippen LogP contribution is 2.29. The van der Waals surface area contributed by atoms with Gasteiger partial charge in [0.05, 0.1) is 0 Å². The zero-order valence-corrected chi connectivity index (χ0v) is 11.4. The molecule has 0 amide bonds. The number of rotatable bonds is 7. The van der Waals surface area contributed by atoms with Gasteiger partial charge in [0, 0.05) is 0 Å². The van der Waals surface area contributed by atoms with E-state index in [9.17, 15) is 0 Å². The molecule has 0 radical (unpaired) electrons. The lowest BCUT2D eigenvalue weighted by atomic mass is 9.85. The molecule has 1 atom stereocenters. The first-order valence-electron chi connectivity index (χ1n) is 7.08. The first kappa shape index (κ1) is 13.5. The largest absolute Gasteiger partial charge is 0.0727 e. The van der Waals surface area contributed by atoms with Crippen molar-refractivity contribution in [3.8, 4) is 0 Å². The van der Waals surface area contributed by atoms with Gasteiger partial charge in [0.2, 0.25) is 0 Å². The summed E-state index contributed by atoms with van der Waals surface area (Å²) in [6.45, 7) is 6.84. The van der Waals surface area contributed by atoms with E-state index in [0.717, 1.165) is 5.92 Å². The molecule has 0 aliphatic heterocycles. The van der Waals surface area contributed by atoms with Gasteiger partial charge in [-0.25, -0.2) is 0 Å². The molecule has 16 heavy (non-hydrogen) atoms. The minimum Gasteiger partial charge on any atom is -0.0727 e. The van der Waals surface area contributed by atoms with Crippen LogP contribution in [0.2, 0.25) is 0 Å². The van der Waals surface area contributed by atoms with E-state index in [1.54, 1.807) is 11.1 Å². The Morgan fingerprint density at radius 1 is 1.00 bits per heavy atom. The summed E-state index contributed by atoms with van der Waals surface area (Å²) >= 11 is 0. The van der Waals surface area contributed by atoms with Gasteiger partial charge in [-0.2, -0.15) is 0 Å². The fraction of sp³-hybridized carbons (Fsp3) is 0.750. The zero-order chi connectivity index (χ0) is 11.8. The standard InChI is InChI=1S/C16H28/c1-4-5-6-7-8-9-10-16-13-14(2)11-12-15(16)3/h11-12,16H,4-10,13H2,1-3H3. The van der Waals surface area contributed by atoms with Crippen LogP contribution in [0.1, 0.15) is 72.1 Å². The third-order valence-electron chi connectivity index (χ3n) is 3.75. The summed E-state index contributed by atoms with van der Waals surface area (Å²) in [7, 11) is 0. The Hall–Kier alpha value is -0.520. The van der Waals surface area contributed by atoms with Crippen molar-refractivity contribution in [2.24, 2.45) is 5.92 Å². The summed E-state index contributed by atoms with van der Waals surface area (Å²) in [5.74, 6) is 0.844. The predicted molar refractivity (Wildman–Crippen MR) is 73.6 cm³/mol. The summed E-state index contributed by atoms with van der Waals surface area (Å²) in [5.41, 5.74) is 3.15. The summed E-state index contributed by atoms with van der Waals surface area (Å²) < 4.78 is 0. The van der Waals surface area contributed by atoms with Gasteiger partial charge in [-0.15, -0.1) is 0 Å². The van der Waals surface area contributed by atoms with Crippen molar-refractivity contribution < 1.29 is 0 Å². The maximum atomic E-state index is 2.32. The van der Waals surface area contributed by atoms with E-state index in [1.165, 1.54) is 51.4 Å². The Kier molecular flexibility index (Phi) is 6.52. The van der Waals surface area contributed by atoms with Crippen LogP contribution in [0, 0.1) is 5.92 Å². The monoisotopic (exact) mass is 220 g/mol. The molecule has 1 unspecified atom stereocenters. The van der Waals surface area contributed by atoms with E-state index in [1.807, 2.05) is 0 Å². The highest BCUT2D eigenvalue weighted by atomic mass is 14.2. The van der Waals surface area contributed by atoms with Gasteiger partial charge in [-0.3, -0.25) is 0 Å². The average Bonchev–Trinajstić information content (AvgIpc) is 2.28. The first-order chi connectivity index (χ1) is 7.74. The van der Waals surface area contributed by atoms with Gasteiger partial charge >= 0.3 is 0 Å². The Morgan fingerprint density at radius 3 is 2.44 bits per heavy atom. The minimum atomic E-state index is 0.844. The van der Waals surface area contributed by atoms with Crippen molar-refractivity contribution >= 4 is 0 Å². The Balaban J connectivity index is 2.09. The van der Waals surface area contributed by atoms with Crippen LogP contribution < -0.4 is 0 Å². The number of hydrogen-bond donors (Lipinski definition) is 0. The lowest BCUT2D eigenvalue weighted by Crippen LogP contribution is -2.06. The van der Waals surface area contributed by atoms with Crippen LogP contribution in [0.5, 0.6) is 0 Å². The van der Waals surface area contributed by atoms with E-state index in [-0.39, 0.29) is 0 Å². The van der Waals surface area contributed by atoms with Crippen LogP contribution in [0.4, 0.5) is 0 Å². The second kappa shape index (κ2) is 7.70. The number of unbranched alkanes of at least 4 members (excludes halogenated alkanes) is 5. The highest BCUT2D eigenvalue weighted by molar-refractivity contribution is 5.24. The molecular weight excluding hydrogens is 192 g/mol. The Labute approximate surface area is 102 Å². The maximum absolute atomic E-state index is 2.32. The van der Waals surface area contributed by atoms with Gasteiger partial charge in [0.25, 0.3) is 0 Å². The van der Waals surface area contributed by atoms with Crippen molar-refractivity contribution in [2.45, 2.75) is 72.1 Å². The van der Waals surface area contributed by atoms with Crippen LogP contribution in [-0.4, -0.2) is 0 Å². The molecule has 0 spiro atoms. The molecule has 0 fully saturated rings. The third kappa shape index (κ3) is 5.01. The second-order valence-electron chi connectivity index (χ2n) is 5.38. The fourth-order valence-electron chi connectivity index (χ4n) is 2.53. The van der Waals surface area contributed by atoms with Gasteiger partial charge in [-0.1, -0.05) is 68.7 Å². The second-order valence-corrected chi connectivity index (χ2v) is 5.38. The molecule has 1 rings (SSSR count). The number of hydrogen-bond acceptors (Lipinski definition) is 0. The molecule has 0 saturated heterocycles. The van der Waals surface area contributed by atoms with Crippen molar-refractivity contribution in [3.63, 3.8) is 0 Å². The summed E-state index contributed by atoms with van der Waals surface area (Å²) in [4.78, 5) is 0. The summed E-state index contributed by atoms with van der Waals surface area (Å²) in [5, 5.41) is 0. The molecule has 0 nitrogen and oxygen atoms in total. The summed E-state index contributed by atoms with van der Waals surface area (Å²) in [6.07, 6.45) is 15.8. The van der Waals surface area contributed by atoms with Gasteiger partial charge in [0.15, 0.2) is 0 Å². The SMILES string of the molecule is CCCCCCCCC1CC(C)=CC=C1C. The van der Waals surface area contributed by atoms with E-state index >= 15 is 0 Å². The van der Waals surface area contributed by atoms with Gasteiger partial charge in [-0.05, 0) is 32.6 Å². The topological polar surface area (TPSA) is 0 Å². The molecule has 1 aliphatic carbocycles. The molecule has 0 aromatic heterocycles. The number of allylic oxidation sites excluding steroid dienone is 4. The molecule has 0 heterocycles. The van der Waals surface area contributed by atoms with Crippen molar-refractivity contribution in [3.05, 3.63) is 23.3 Å². The van der Waals surface area contributed by atoms with Gasteiger partial charge in [0.1, 0.15) is 0 Å². The highest BCUT2D eigenvalue weighted by Gasteiger charge is 2.13. The van der Waals surface area contributed by atoms with Crippen LogP contribution >= 0.6 is 0 Å². The molecule has 92 valence electrons. The maximum Gasteiger partial charge on any atom is -0.0166 e. The van der Waals surface area contributed by atoms with Crippen molar-refractivity contribution in [2.75, 3.05) is 0 Å². The van der Waals surface area contributed by atoms with Gasteiger partial charge < -0.3 is 0 Å². The van der Waals surface area contributed by atoms with Crippen molar-refractivity contribution in [1.82, 2.24) is 0 Å². The first-order valence-corrected chi connectivity index (χ1v) is 7.08. The molecule has 0 saturated carbocycles. The molecule has 0 aromatic rings. The minimum absolute atomic E-state index is 0.844. The molecule has 0 N–H and O–H groups in total. The molecule has 0 heteroatoms. The quantitative estimate of drug-likeness (QED) is 0.486. The predicted octanol–water partition coefficient (Wildman–Crippen LogP) is 5.65. The Morgan fingerprint density at radius 2 is 1.69 bits per heavy atom. The molecule has 0 aromatic carbocycles. The molecular formula is C16H28. The lowest BCUT2D eigenvalue weighted by molar-refractivity contribution is 0.494. The fourth-order valence-corrected chi connectivity index (χ4v) is 2.53. The average molecular weight is 220 g/mol. The Bertz CT molecular complexity index is 245. The zero-order valence-electron chi connectivity index (χ0n) is 11.4. The normalized spacial score (nSPS) is 20.6. The van der Waals surface area contributed by atoms with E-state index in [4.69, 9.17) is 0 Å². The van der Waals surface area contributed by atoms with Crippen LogP contribution in [0.25, 0.3) is 0 Å². The van der Waals surface area contributed by atoms with Crippen LogP contribution in [0.3, 0.4) is 0 Å². The smallest absolute Gasteiger partial charge is 0.0166 e. The van der Waals surface area contributed by atoms with E-state index in [2.05, 4.69) is 32.9 Å². The van der Waals surface area contributed by atoms with Crippen molar-refractivity contribution in [1.29, 1.82) is 0 Å². The van der Waals surface area contributed by atoms with Crippen LogP contribution in [0.15, 0.2) is 23.3 Å². The lowest BCUT2D eigenvalue weighted by Gasteiger charge is -2.21. The molecule has 1 aliphatic rings. The van der Waals surface area contributed by atoms with Crippen LogP contribution in [-0.2, 0) is 0 Å².